The van der Waals surface area contributed by atoms with Crippen molar-refractivity contribution in [2.45, 2.75) is 12.5 Å². The van der Waals surface area contributed by atoms with Gasteiger partial charge in [0.15, 0.2) is 0 Å². The lowest BCUT2D eigenvalue weighted by atomic mass is 10.1. The molecule has 160 valence electrons. The lowest BCUT2D eigenvalue weighted by Crippen LogP contribution is -2.41. The number of aliphatic hydroxyl groups is 1. The second kappa shape index (κ2) is 9.69. The molecule has 32 heavy (non-hydrogen) atoms. The first-order valence-electron chi connectivity index (χ1n) is 10.2. The van der Waals surface area contributed by atoms with Crippen LogP contribution < -0.4 is 15.4 Å². The third-order valence-electron chi connectivity index (χ3n) is 5.03. The van der Waals surface area contributed by atoms with Crippen LogP contribution in [-0.4, -0.2) is 28.8 Å². The van der Waals surface area contributed by atoms with Crippen LogP contribution in [0.15, 0.2) is 79.0 Å². The predicted octanol–water partition coefficient (Wildman–Crippen LogP) is 4.56. The van der Waals surface area contributed by atoms with Gasteiger partial charge in [-0.2, -0.15) is 5.26 Å². The minimum absolute atomic E-state index is 0.176. The van der Waals surface area contributed by atoms with Crippen LogP contribution in [0.3, 0.4) is 0 Å². The van der Waals surface area contributed by atoms with E-state index in [2.05, 4.69) is 21.7 Å². The zero-order chi connectivity index (χ0) is 22.3. The minimum atomic E-state index is -0.423. The smallest absolute Gasteiger partial charge is 0.319 e. The molecule has 7 nitrogen and oxygen atoms in total. The van der Waals surface area contributed by atoms with E-state index >= 15 is 0 Å². The molecule has 0 aliphatic rings. The van der Waals surface area contributed by atoms with Gasteiger partial charge in [-0.1, -0.05) is 18.2 Å². The van der Waals surface area contributed by atoms with Crippen molar-refractivity contribution in [2.24, 2.45) is 0 Å². The van der Waals surface area contributed by atoms with Gasteiger partial charge >= 0.3 is 6.03 Å². The molecule has 4 N–H and O–H groups in total. The lowest BCUT2D eigenvalue weighted by Gasteiger charge is -2.17. The second-order valence-electron chi connectivity index (χ2n) is 7.30. The Labute approximate surface area is 185 Å². The highest BCUT2D eigenvalue weighted by Crippen LogP contribution is 2.23. The van der Waals surface area contributed by atoms with E-state index < -0.39 is 12.1 Å². The van der Waals surface area contributed by atoms with Gasteiger partial charge in [0.2, 0.25) is 0 Å². The molecule has 1 aromatic heterocycles. The highest BCUT2D eigenvalue weighted by molar-refractivity contribution is 5.89. The Bertz CT molecular complexity index is 1240. The number of nitrogens with one attached hydrogen (secondary N) is 3. The zero-order valence-corrected chi connectivity index (χ0v) is 17.2. The number of hydrogen-bond acceptors (Lipinski definition) is 4. The number of carbonyl (C=O) groups is 1. The van der Waals surface area contributed by atoms with Gasteiger partial charge in [0.25, 0.3) is 0 Å². The average molecular weight is 426 g/mol. The van der Waals surface area contributed by atoms with Crippen LogP contribution in [0, 0.1) is 11.3 Å². The van der Waals surface area contributed by atoms with Gasteiger partial charge in [-0.25, -0.2) is 4.79 Å². The van der Waals surface area contributed by atoms with Crippen molar-refractivity contribution >= 4 is 22.6 Å². The number of aromatic amines is 1. The summed E-state index contributed by atoms with van der Waals surface area (Å²) in [6, 6.07) is 22.9. The molecule has 0 spiro atoms. The molecule has 0 saturated carbocycles. The Morgan fingerprint density at radius 1 is 1.03 bits per heavy atom. The van der Waals surface area contributed by atoms with Crippen molar-refractivity contribution in [1.82, 2.24) is 10.3 Å². The number of ether oxygens (including phenoxy) is 1. The lowest BCUT2D eigenvalue weighted by molar-refractivity contribution is 0.224. The third-order valence-corrected chi connectivity index (χ3v) is 5.03. The number of urea groups is 1. The predicted molar refractivity (Wildman–Crippen MR) is 123 cm³/mol. The van der Waals surface area contributed by atoms with Gasteiger partial charge in [-0.15, -0.1) is 0 Å². The number of amides is 2. The number of carbonyl (C=O) groups excluding carboxylic acids is 1. The van der Waals surface area contributed by atoms with Crippen molar-refractivity contribution in [3.05, 3.63) is 90.1 Å². The van der Waals surface area contributed by atoms with Gasteiger partial charge < -0.3 is 25.5 Å². The molecule has 0 aliphatic carbocycles. The van der Waals surface area contributed by atoms with E-state index in [9.17, 15) is 9.90 Å². The molecule has 2 amide bonds. The summed E-state index contributed by atoms with van der Waals surface area (Å²) in [5, 5.41) is 25.2. The van der Waals surface area contributed by atoms with Gasteiger partial charge in [0.05, 0.1) is 24.3 Å². The summed E-state index contributed by atoms with van der Waals surface area (Å²) in [6.07, 6.45) is 2.41. The van der Waals surface area contributed by atoms with Crippen LogP contribution in [-0.2, 0) is 6.42 Å². The van der Waals surface area contributed by atoms with Crippen LogP contribution in [0.1, 0.15) is 11.1 Å². The molecule has 0 fully saturated rings. The molecular formula is C25H22N4O3. The fraction of sp³-hybridized carbons (Fsp3) is 0.120. The average Bonchev–Trinajstić information content (AvgIpc) is 3.23. The van der Waals surface area contributed by atoms with Gasteiger partial charge in [-0.05, 0) is 66.6 Å². The molecular weight excluding hydrogens is 404 g/mol. The van der Waals surface area contributed by atoms with Crippen molar-refractivity contribution in [3.8, 4) is 17.6 Å². The Balaban J connectivity index is 1.33. The Kier molecular flexibility index (Phi) is 6.35. The maximum absolute atomic E-state index is 12.4. The molecule has 7 heteroatoms. The van der Waals surface area contributed by atoms with E-state index in [1.807, 2.05) is 30.5 Å². The van der Waals surface area contributed by atoms with Crippen LogP contribution in [0.4, 0.5) is 10.5 Å². The van der Waals surface area contributed by atoms with E-state index in [4.69, 9.17) is 10.00 Å². The second-order valence-corrected chi connectivity index (χ2v) is 7.30. The number of anilines is 1. The summed E-state index contributed by atoms with van der Waals surface area (Å²) in [5.41, 5.74) is 3.21. The Morgan fingerprint density at radius 2 is 1.72 bits per heavy atom. The monoisotopic (exact) mass is 426 g/mol. The number of aromatic nitrogens is 1. The van der Waals surface area contributed by atoms with Crippen molar-refractivity contribution in [1.29, 1.82) is 5.26 Å². The number of benzene rings is 3. The Hall–Kier alpha value is -4.28. The molecule has 0 aliphatic heterocycles. The maximum Gasteiger partial charge on any atom is 0.319 e. The molecule has 1 atom stereocenters. The van der Waals surface area contributed by atoms with Gasteiger partial charge in [0.1, 0.15) is 11.5 Å². The maximum atomic E-state index is 12.4. The van der Waals surface area contributed by atoms with Crippen LogP contribution in [0.5, 0.6) is 11.5 Å². The Morgan fingerprint density at radius 3 is 2.41 bits per heavy atom. The summed E-state index contributed by atoms with van der Waals surface area (Å²) >= 11 is 0. The number of hydrogen-bond donors (Lipinski definition) is 4. The van der Waals surface area contributed by atoms with Crippen molar-refractivity contribution in [2.75, 3.05) is 11.9 Å². The molecule has 0 bridgehead atoms. The first-order chi connectivity index (χ1) is 15.6. The first kappa shape index (κ1) is 21.0. The summed E-state index contributed by atoms with van der Waals surface area (Å²) in [5.74, 6) is 1.22. The zero-order valence-electron chi connectivity index (χ0n) is 17.2. The molecule has 1 unspecified atom stereocenters. The number of fused-ring (bicyclic) bond motifs is 1. The minimum Gasteiger partial charge on any atom is -0.457 e. The van der Waals surface area contributed by atoms with Crippen LogP contribution >= 0.6 is 0 Å². The van der Waals surface area contributed by atoms with Crippen LogP contribution in [0.25, 0.3) is 10.9 Å². The number of nitrogens with zero attached hydrogens (tertiary/aromatic N) is 1. The highest BCUT2D eigenvalue weighted by atomic mass is 16.5. The molecule has 1 heterocycles. The quantitative estimate of drug-likeness (QED) is 0.347. The summed E-state index contributed by atoms with van der Waals surface area (Å²) in [6.45, 7) is -0.176. The van der Waals surface area contributed by atoms with Crippen molar-refractivity contribution in [3.63, 3.8) is 0 Å². The molecule has 0 saturated heterocycles. The number of H-pyrrole nitrogens is 1. The molecule has 4 aromatic rings. The molecule has 4 rings (SSSR count). The molecule has 0 radical (unpaired) electrons. The standard InChI is InChI=1S/C25H22N4O3/c26-14-17-5-9-21(10-6-17)32-22-11-7-19(8-12-22)28-25(31)29-20(16-30)13-18-15-27-24-4-2-1-3-23(18)24/h1-12,15,20,27,30H,13,16H2,(H2,28,29,31). The summed E-state index contributed by atoms with van der Waals surface area (Å²) < 4.78 is 5.74. The van der Waals surface area contributed by atoms with E-state index in [1.165, 1.54) is 0 Å². The van der Waals surface area contributed by atoms with E-state index in [1.54, 1.807) is 48.5 Å². The number of rotatable bonds is 7. The molecule has 3 aromatic carbocycles. The third kappa shape index (κ3) is 5.06. The topological polar surface area (TPSA) is 110 Å². The van der Waals surface area contributed by atoms with Gasteiger partial charge in [-0.3, -0.25) is 0 Å². The fourth-order valence-electron chi connectivity index (χ4n) is 3.42. The van der Waals surface area contributed by atoms with Crippen molar-refractivity contribution < 1.29 is 14.6 Å². The van der Waals surface area contributed by atoms with Gasteiger partial charge in [0, 0.05) is 22.8 Å². The number of aliphatic hydroxyl groups excluding tert-OH is 1. The largest absolute Gasteiger partial charge is 0.457 e. The van der Waals surface area contributed by atoms with E-state index in [-0.39, 0.29) is 6.61 Å². The SMILES string of the molecule is N#Cc1ccc(Oc2ccc(NC(=O)NC(CO)Cc3c[nH]c4ccccc34)cc2)cc1. The number of nitriles is 1. The first-order valence-corrected chi connectivity index (χ1v) is 10.2. The highest BCUT2D eigenvalue weighted by Gasteiger charge is 2.14. The normalized spacial score (nSPS) is 11.5. The van der Waals surface area contributed by atoms with Crippen LogP contribution in [0.2, 0.25) is 0 Å². The number of para-hydroxylation sites is 1. The van der Waals surface area contributed by atoms with E-state index in [0.717, 1.165) is 16.5 Å². The fourth-order valence-corrected chi connectivity index (χ4v) is 3.42. The van der Waals surface area contributed by atoms with E-state index in [0.29, 0.717) is 29.2 Å². The summed E-state index contributed by atoms with van der Waals surface area (Å²) in [7, 11) is 0. The summed E-state index contributed by atoms with van der Waals surface area (Å²) in [4.78, 5) is 15.6.